The molecule has 0 unspecified atom stereocenters. The van der Waals surface area contributed by atoms with E-state index in [1.165, 1.54) is 11.3 Å². The van der Waals surface area contributed by atoms with Gasteiger partial charge < -0.3 is 4.84 Å². The van der Waals surface area contributed by atoms with Gasteiger partial charge in [-0.1, -0.05) is 71.4 Å². The number of halogens is 3. The molecule has 2 aromatic rings. The van der Waals surface area contributed by atoms with Crippen molar-refractivity contribution in [3.8, 4) is 5.75 Å². The van der Waals surface area contributed by atoms with Crippen LogP contribution in [0.25, 0.3) is 0 Å². The number of hydrogen-bond acceptors (Lipinski definition) is 5. The number of amides is 1. The highest BCUT2D eigenvalue weighted by Crippen LogP contribution is 2.33. The predicted molar refractivity (Wildman–Crippen MR) is 128 cm³/mol. The van der Waals surface area contributed by atoms with Gasteiger partial charge in [0, 0.05) is 17.4 Å². The fourth-order valence-electron chi connectivity index (χ4n) is 2.50. The molecular weight excluding hydrogens is 465 g/mol. The Morgan fingerprint density at radius 1 is 1.15 bits per heavy atom. The average molecular weight is 499 g/mol. The van der Waals surface area contributed by atoms with Crippen LogP contribution in [-0.4, -0.2) is 21.4 Å². The third-order valence-corrected chi connectivity index (χ3v) is 6.46. The number of aromatic nitrogens is 2. The minimum Gasteiger partial charge on any atom is -0.356 e. The quantitative estimate of drug-likeness (QED) is 0.333. The van der Waals surface area contributed by atoms with E-state index < -0.39 is 17.6 Å². The minimum absolute atomic E-state index is 0.0916. The second-order valence-corrected chi connectivity index (χ2v) is 11.1. The molecule has 1 heterocycles. The summed E-state index contributed by atoms with van der Waals surface area (Å²) in [5.74, 6) is -0.940. The number of aryl methyl sites for hydroxylation is 1. The fraction of sp³-hybridized carbons (Fsp3) is 0.583. The van der Waals surface area contributed by atoms with E-state index >= 15 is 0 Å². The summed E-state index contributed by atoms with van der Waals surface area (Å²) in [5, 5.41) is 9.40. The molecule has 0 fully saturated rings. The van der Waals surface area contributed by atoms with Gasteiger partial charge in [0.2, 0.25) is 4.80 Å². The van der Waals surface area contributed by atoms with Gasteiger partial charge in [0.05, 0.1) is 16.8 Å². The van der Waals surface area contributed by atoms with E-state index in [0.29, 0.717) is 17.1 Å². The molecule has 34 heavy (non-hydrogen) atoms. The van der Waals surface area contributed by atoms with Crippen molar-refractivity contribution in [2.75, 3.05) is 0 Å². The molecule has 0 bridgehead atoms. The van der Waals surface area contributed by atoms with Crippen LogP contribution >= 0.6 is 11.3 Å². The molecule has 0 N–H and O–H groups in total. The molecule has 0 spiro atoms. The first-order valence-corrected chi connectivity index (χ1v) is 12.0. The SMILES string of the molecule is CCCCn1nc(C(C)(C)C)sc1=NC(=O)c1cc(C(F)(F)F)ccc1O/N=C(\C)C(C)(C)C. The summed E-state index contributed by atoms with van der Waals surface area (Å²) in [7, 11) is 0. The molecule has 0 radical (unpaired) electrons. The molecule has 2 rings (SSSR count). The number of carbonyl (C=O) groups excluding carboxylic acids is 1. The van der Waals surface area contributed by atoms with Gasteiger partial charge in [-0.05, 0) is 31.5 Å². The van der Waals surface area contributed by atoms with Gasteiger partial charge in [-0.3, -0.25) is 4.79 Å². The molecule has 10 heteroatoms. The largest absolute Gasteiger partial charge is 0.416 e. The maximum absolute atomic E-state index is 13.4. The summed E-state index contributed by atoms with van der Waals surface area (Å²) in [6.45, 7) is 16.1. The van der Waals surface area contributed by atoms with Crippen molar-refractivity contribution in [2.45, 2.75) is 86.4 Å². The Morgan fingerprint density at radius 3 is 2.32 bits per heavy atom. The Kier molecular flexibility index (Phi) is 8.50. The standard InChI is InChI=1S/C24H33F3N4O2S/c1-9-10-13-31-21(34-20(29-31)23(6,7)8)28-19(32)17-14-16(24(25,26)27)11-12-18(17)33-30-15(2)22(3,4)5/h11-12,14H,9-10,13H2,1-8H3/b28-21?,30-15+. The van der Waals surface area contributed by atoms with E-state index in [2.05, 4.69) is 15.2 Å². The van der Waals surface area contributed by atoms with Crippen LogP contribution in [0.15, 0.2) is 28.3 Å². The Hall–Kier alpha value is -2.49. The van der Waals surface area contributed by atoms with E-state index in [1.807, 2.05) is 48.5 Å². The summed E-state index contributed by atoms with van der Waals surface area (Å²) in [4.78, 5) is 23.1. The van der Waals surface area contributed by atoms with Crippen LogP contribution in [0, 0.1) is 5.41 Å². The number of carbonyl (C=O) groups is 1. The van der Waals surface area contributed by atoms with Crippen molar-refractivity contribution >= 4 is 23.0 Å². The van der Waals surface area contributed by atoms with Crippen molar-refractivity contribution in [2.24, 2.45) is 15.6 Å². The monoisotopic (exact) mass is 498 g/mol. The van der Waals surface area contributed by atoms with Crippen molar-refractivity contribution in [3.05, 3.63) is 39.1 Å². The number of benzene rings is 1. The summed E-state index contributed by atoms with van der Waals surface area (Å²) < 4.78 is 41.8. The van der Waals surface area contributed by atoms with Crippen LogP contribution in [0.3, 0.4) is 0 Å². The molecule has 0 aliphatic carbocycles. The average Bonchev–Trinajstić information content (AvgIpc) is 3.11. The highest BCUT2D eigenvalue weighted by molar-refractivity contribution is 7.09. The topological polar surface area (TPSA) is 68.8 Å². The molecule has 1 aromatic heterocycles. The van der Waals surface area contributed by atoms with E-state index in [0.717, 1.165) is 36.0 Å². The van der Waals surface area contributed by atoms with Crippen LogP contribution in [0.2, 0.25) is 0 Å². The molecule has 1 amide bonds. The number of nitrogens with zero attached hydrogens (tertiary/aromatic N) is 4. The lowest BCUT2D eigenvalue weighted by Gasteiger charge is -2.17. The summed E-state index contributed by atoms with van der Waals surface area (Å²) >= 11 is 1.25. The molecule has 0 saturated carbocycles. The van der Waals surface area contributed by atoms with E-state index in [1.54, 1.807) is 11.6 Å². The van der Waals surface area contributed by atoms with Gasteiger partial charge in [-0.15, -0.1) is 0 Å². The van der Waals surface area contributed by atoms with Gasteiger partial charge in [-0.25, -0.2) is 4.68 Å². The van der Waals surface area contributed by atoms with Gasteiger partial charge in [0.15, 0.2) is 5.75 Å². The van der Waals surface area contributed by atoms with Crippen LogP contribution < -0.4 is 9.64 Å². The van der Waals surface area contributed by atoms with Crippen LogP contribution in [-0.2, 0) is 18.1 Å². The lowest BCUT2D eigenvalue weighted by Crippen LogP contribution is -2.20. The smallest absolute Gasteiger partial charge is 0.356 e. The predicted octanol–water partition coefficient (Wildman–Crippen LogP) is 6.60. The van der Waals surface area contributed by atoms with E-state index in [9.17, 15) is 18.0 Å². The molecule has 0 saturated heterocycles. The lowest BCUT2D eigenvalue weighted by atomic mass is 9.91. The van der Waals surface area contributed by atoms with Crippen molar-refractivity contribution in [1.82, 2.24) is 9.78 Å². The van der Waals surface area contributed by atoms with Gasteiger partial charge in [-0.2, -0.15) is 23.3 Å². The molecule has 0 aliphatic rings. The zero-order valence-electron chi connectivity index (χ0n) is 21.0. The normalized spacial score (nSPS) is 14.0. The molecule has 6 nitrogen and oxygen atoms in total. The number of alkyl halides is 3. The van der Waals surface area contributed by atoms with Crippen molar-refractivity contribution in [3.63, 3.8) is 0 Å². The van der Waals surface area contributed by atoms with E-state index in [4.69, 9.17) is 4.84 Å². The number of rotatable bonds is 6. The fourth-order valence-corrected chi connectivity index (χ4v) is 3.49. The molecule has 188 valence electrons. The zero-order valence-corrected chi connectivity index (χ0v) is 21.8. The van der Waals surface area contributed by atoms with E-state index in [-0.39, 0.29) is 22.1 Å². The summed E-state index contributed by atoms with van der Waals surface area (Å²) in [5.41, 5.74) is -1.23. The van der Waals surface area contributed by atoms with Crippen molar-refractivity contribution in [1.29, 1.82) is 0 Å². The second-order valence-electron chi connectivity index (χ2n) is 10.2. The maximum Gasteiger partial charge on any atom is 0.416 e. The van der Waals surface area contributed by atoms with Crippen molar-refractivity contribution < 1.29 is 22.8 Å². The summed E-state index contributed by atoms with van der Waals surface area (Å²) in [6, 6.07) is 2.72. The Balaban J connectivity index is 2.61. The zero-order chi connectivity index (χ0) is 25.9. The van der Waals surface area contributed by atoms with Gasteiger partial charge >= 0.3 is 6.18 Å². The van der Waals surface area contributed by atoms with Crippen LogP contribution in [0.1, 0.15) is 89.2 Å². The Bertz CT molecular complexity index is 1120. The number of oxime groups is 1. The van der Waals surface area contributed by atoms with Crippen LogP contribution in [0.5, 0.6) is 5.75 Å². The number of unbranched alkanes of at least 4 members (excludes halogenated alkanes) is 1. The lowest BCUT2D eigenvalue weighted by molar-refractivity contribution is -0.137. The van der Waals surface area contributed by atoms with Gasteiger partial charge in [0.1, 0.15) is 5.01 Å². The second kappa shape index (κ2) is 10.4. The molecule has 0 aliphatic heterocycles. The molecular formula is C24H33F3N4O2S. The number of hydrogen-bond donors (Lipinski definition) is 0. The highest BCUT2D eigenvalue weighted by Gasteiger charge is 2.32. The first-order valence-electron chi connectivity index (χ1n) is 11.1. The molecule has 1 aromatic carbocycles. The van der Waals surface area contributed by atoms with Gasteiger partial charge in [0.25, 0.3) is 5.91 Å². The Morgan fingerprint density at radius 2 is 1.79 bits per heavy atom. The summed E-state index contributed by atoms with van der Waals surface area (Å²) in [6.07, 6.45) is -2.88. The van der Waals surface area contributed by atoms with Crippen LogP contribution in [0.4, 0.5) is 13.2 Å². The minimum atomic E-state index is -4.62. The first kappa shape index (κ1) is 27.8. The first-order chi connectivity index (χ1) is 15.5. The third-order valence-electron chi connectivity index (χ3n) is 5.09. The highest BCUT2D eigenvalue weighted by atomic mass is 32.1. The maximum atomic E-state index is 13.4. The third kappa shape index (κ3) is 7.25. The molecule has 0 atom stereocenters. The Labute approximate surface area is 202 Å².